The van der Waals surface area contributed by atoms with Gasteiger partial charge in [0, 0.05) is 13.0 Å². The number of nitrogens with one attached hydrogen (secondary N) is 1. The average molecular weight is 229 g/mol. The SMILES string of the molecule is O=C(CC1(CS)CC1)NCC1CC(O)C1. The number of carbonyl (C=O) groups excluding carboxylic acids is 1. The van der Waals surface area contributed by atoms with Crippen LogP contribution in [0.25, 0.3) is 0 Å². The third-order valence-corrected chi connectivity index (χ3v) is 4.30. The van der Waals surface area contributed by atoms with E-state index < -0.39 is 0 Å². The van der Waals surface area contributed by atoms with E-state index in [-0.39, 0.29) is 17.4 Å². The third kappa shape index (κ3) is 2.88. The minimum absolute atomic E-state index is 0.126. The summed E-state index contributed by atoms with van der Waals surface area (Å²) in [6, 6.07) is 0. The van der Waals surface area contributed by atoms with E-state index in [0.29, 0.717) is 12.3 Å². The Bertz CT molecular complexity index is 247. The maximum Gasteiger partial charge on any atom is 0.220 e. The van der Waals surface area contributed by atoms with E-state index in [1.165, 1.54) is 0 Å². The molecule has 0 unspecified atom stereocenters. The van der Waals surface area contributed by atoms with Crippen LogP contribution < -0.4 is 5.32 Å². The summed E-state index contributed by atoms with van der Waals surface area (Å²) in [4.78, 5) is 11.6. The number of aliphatic hydroxyl groups is 1. The minimum atomic E-state index is -0.126. The molecule has 2 aliphatic rings. The highest BCUT2D eigenvalue weighted by Gasteiger charge is 2.42. The van der Waals surface area contributed by atoms with Gasteiger partial charge in [0.2, 0.25) is 5.91 Å². The van der Waals surface area contributed by atoms with Crippen molar-refractivity contribution in [3.63, 3.8) is 0 Å². The molecule has 3 nitrogen and oxygen atoms in total. The van der Waals surface area contributed by atoms with Gasteiger partial charge in [0.25, 0.3) is 0 Å². The first kappa shape index (κ1) is 11.3. The number of rotatable bonds is 5. The topological polar surface area (TPSA) is 49.3 Å². The van der Waals surface area contributed by atoms with Gasteiger partial charge in [-0.3, -0.25) is 4.79 Å². The van der Waals surface area contributed by atoms with Crippen LogP contribution in [0.15, 0.2) is 0 Å². The quantitative estimate of drug-likeness (QED) is 0.615. The van der Waals surface area contributed by atoms with Gasteiger partial charge in [-0.2, -0.15) is 12.6 Å². The Morgan fingerprint density at radius 3 is 2.60 bits per heavy atom. The first-order valence-electron chi connectivity index (χ1n) is 5.69. The number of hydrogen-bond donors (Lipinski definition) is 3. The van der Waals surface area contributed by atoms with Crippen molar-refractivity contribution < 1.29 is 9.90 Å². The Labute approximate surface area is 96.0 Å². The van der Waals surface area contributed by atoms with Gasteiger partial charge in [-0.15, -0.1) is 0 Å². The summed E-state index contributed by atoms with van der Waals surface area (Å²) in [7, 11) is 0. The fraction of sp³-hybridized carbons (Fsp3) is 0.909. The standard InChI is InChI=1S/C11H19NO2S/c13-9-3-8(4-9)6-12-10(14)5-11(7-15)1-2-11/h8-9,13,15H,1-7H2,(H,12,14). The second-order valence-electron chi connectivity index (χ2n) is 5.13. The summed E-state index contributed by atoms with van der Waals surface area (Å²) in [6.45, 7) is 0.735. The molecule has 2 fully saturated rings. The van der Waals surface area contributed by atoms with Crippen LogP contribution in [-0.4, -0.2) is 29.4 Å². The average Bonchev–Trinajstić information content (AvgIpc) is 2.91. The lowest BCUT2D eigenvalue weighted by Gasteiger charge is -2.31. The largest absolute Gasteiger partial charge is 0.393 e. The predicted octanol–water partition coefficient (Wildman–Crippen LogP) is 0.974. The van der Waals surface area contributed by atoms with Crippen molar-refractivity contribution in [3.8, 4) is 0 Å². The molecule has 2 saturated carbocycles. The van der Waals surface area contributed by atoms with E-state index >= 15 is 0 Å². The summed E-state index contributed by atoms with van der Waals surface area (Å²) in [6.07, 6.45) is 4.49. The van der Waals surface area contributed by atoms with Gasteiger partial charge >= 0.3 is 0 Å². The molecule has 0 heterocycles. The number of hydrogen-bond acceptors (Lipinski definition) is 3. The van der Waals surface area contributed by atoms with E-state index in [4.69, 9.17) is 5.11 Å². The van der Waals surface area contributed by atoms with Crippen LogP contribution in [0.4, 0.5) is 0 Å². The maximum atomic E-state index is 11.6. The van der Waals surface area contributed by atoms with Crippen molar-refractivity contribution in [2.24, 2.45) is 11.3 Å². The second-order valence-corrected chi connectivity index (χ2v) is 5.45. The zero-order valence-corrected chi connectivity index (χ0v) is 9.80. The summed E-state index contributed by atoms with van der Waals surface area (Å²) in [5.41, 5.74) is 0.215. The Kier molecular flexibility index (Phi) is 3.26. The highest BCUT2D eigenvalue weighted by atomic mass is 32.1. The Morgan fingerprint density at radius 2 is 2.13 bits per heavy atom. The molecule has 1 amide bonds. The fourth-order valence-electron chi connectivity index (χ4n) is 2.10. The van der Waals surface area contributed by atoms with Gasteiger partial charge in [-0.05, 0) is 42.8 Å². The summed E-state index contributed by atoms with van der Waals surface area (Å²) < 4.78 is 0. The molecule has 0 spiro atoms. The molecule has 0 saturated heterocycles. The molecule has 2 rings (SSSR count). The zero-order chi connectivity index (χ0) is 10.9. The lowest BCUT2D eigenvalue weighted by Crippen LogP contribution is -2.39. The molecule has 0 aromatic carbocycles. The van der Waals surface area contributed by atoms with Crippen LogP contribution in [0.1, 0.15) is 32.1 Å². The van der Waals surface area contributed by atoms with Crippen LogP contribution in [0.2, 0.25) is 0 Å². The van der Waals surface area contributed by atoms with Crippen LogP contribution in [0.5, 0.6) is 0 Å². The normalized spacial score (nSPS) is 31.9. The lowest BCUT2D eigenvalue weighted by atomic mass is 9.82. The van der Waals surface area contributed by atoms with Gasteiger partial charge < -0.3 is 10.4 Å². The van der Waals surface area contributed by atoms with Crippen molar-refractivity contribution in [1.29, 1.82) is 0 Å². The summed E-state index contributed by atoms with van der Waals surface area (Å²) >= 11 is 4.28. The van der Waals surface area contributed by atoms with Gasteiger partial charge in [-0.25, -0.2) is 0 Å². The van der Waals surface area contributed by atoms with Gasteiger partial charge in [0.05, 0.1) is 6.10 Å². The van der Waals surface area contributed by atoms with Crippen molar-refractivity contribution in [2.45, 2.75) is 38.2 Å². The van der Waals surface area contributed by atoms with E-state index in [1.54, 1.807) is 0 Å². The highest BCUT2D eigenvalue weighted by molar-refractivity contribution is 7.80. The molecule has 15 heavy (non-hydrogen) atoms. The van der Waals surface area contributed by atoms with Crippen LogP contribution in [0, 0.1) is 11.3 Å². The first-order chi connectivity index (χ1) is 7.13. The number of amides is 1. The molecule has 0 radical (unpaired) electrons. The Hall–Kier alpha value is -0.220. The van der Waals surface area contributed by atoms with Crippen molar-refractivity contribution in [1.82, 2.24) is 5.32 Å². The molecule has 4 heteroatoms. The molecule has 0 atom stereocenters. The van der Waals surface area contributed by atoms with E-state index in [0.717, 1.165) is 38.0 Å². The van der Waals surface area contributed by atoms with Gasteiger partial charge in [-0.1, -0.05) is 0 Å². The van der Waals surface area contributed by atoms with Gasteiger partial charge in [0.15, 0.2) is 0 Å². The van der Waals surface area contributed by atoms with E-state index in [1.807, 2.05) is 0 Å². The lowest BCUT2D eigenvalue weighted by molar-refractivity contribution is -0.122. The van der Waals surface area contributed by atoms with Crippen molar-refractivity contribution in [2.75, 3.05) is 12.3 Å². The number of thiol groups is 1. The molecular weight excluding hydrogens is 210 g/mol. The predicted molar refractivity (Wildman–Crippen MR) is 61.9 cm³/mol. The zero-order valence-electron chi connectivity index (χ0n) is 8.91. The molecule has 0 aromatic heterocycles. The third-order valence-electron chi connectivity index (χ3n) is 3.63. The molecule has 2 aliphatic carbocycles. The van der Waals surface area contributed by atoms with Gasteiger partial charge in [0.1, 0.15) is 0 Å². The molecule has 0 aromatic rings. The first-order valence-corrected chi connectivity index (χ1v) is 6.32. The summed E-state index contributed by atoms with van der Waals surface area (Å²) in [5.74, 6) is 1.47. The van der Waals surface area contributed by atoms with Crippen LogP contribution in [0.3, 0.4) is 0 Å². The molecule has 0 aliphatic heterocycles. The fourth-order valence-corrected chi connectivity index (χ4v) is 2.52. The number of aliphatic hydroxyl groups excluding tert-OH is 1. The van der Waals surface area contributed by atoms with Crippen molar-refractivity contribution >= 4 is 18.5 Å². The minimum Gasteiger partial charge on any atom is -0.393 e. The molecular formula is C11H19NO2S. The smallest absolute Gasteiger partial charge is 0.220 e. The van der Waals surface area contributed by atoms with Crippen molar-refractivity contribution in [3.05, 3.63) is 0 Å². The maximum absolute atomic E-state index is 11.6. The second kappa shape index (κ2) is 4.34. The Morgan fingerprint density at radius 1 is 1.47 bits per heavy atom. The summed E-state index contributed by atoms with van der Waals surface area (Å²) in [5, 5.41) is 12.0. The van der Waals surface area contributed by atoms with Crippen LogP contribution >= 0.6 is 12.6 Å². The molecule has 86 valence electrons. The monoisotopic (exact) mass is 229 g/mol. The van der Waals surface area contributed by atoms with E-state index in [9.17, 15) is 4.79 Å². The highest BCUT2D eigenvalue weighted by Crippen LogP contribution is 2.49. The number of carbonyl (C=O) groups is 1. The molecule has 2 N–H and O–H groups in total. The Balaban J connectivity index is 1.61. The van der Waals surface area contributed by atoms with E-state index in [2.05, 4.69) is 17.9 Å². The molecule has 0 bridgehead atoms. The van der Waals surface area contributed by atoms with Crippen LogP contribution in [-0.2, 0) is 4.79 Å².